The summed E-state index contributed by atoms with van der Waals surface area (Å²) in [6.07, 6.45) is 0. The summed E-state index contributed by atoms with van der Waals surface area (Å²) in [6, 6.07) is 0. The second-order valence-electron chi connectivity index (χ2n) is 2.93. The van der Waals surface area contributed by atoms with E-state index in [9.17, 15) is 86.1 Å². The fraction of sp³-hybridized carbons (Fsp3) is 0. The van der Waals surface area contributed by atoms with Crippen molar-refractivity contribution < 1.29 is 189 Å². The van der Waals surface area contributed by atoms with Gasteiger partial charge in [0.1, 0.15) is 0 Å². The molecule has 0 aliphatic rings. The van der Waals surface area contributed by atoms with Gasteiger partial charge in [-0.1, -0.05) is 0 Å². The Bertz CT molecular complexity index is 559. The fourth-order valence-corrected chi connectivity index (χ4v) is 3.31. The molecule has 0 aromatic carbocycles. The van der Waals surface area contributed by atoms with Crippen LogP contribution in [0.15, 0.2) is 0 Å². The van der Waals surface area contributed by atoms with Gasteiger partial charge in [-0.2, -0.15) is 0 Å². The fourth-order valence-electron chi connectivity index (χ4n) is 0.367. The van der Waals surface area contributed by atoms with Gasteiger partial charge in [-0.15, -0.1) is 0 Å². The van der Waals surface area contributed by atoms with Crippen LogP contribution in [0, 0.1) is 0 Å². The molecule has 0 aliphatic heterocycles. The zero-order chi connectivity index (χ0) is 23.1. The molecule has 0 bridgehead atoms. The number of phosphoric acid groups is 6. The molecule has 0 radical (unpaired) electrons. The molecule has 31 heteroatoms. The van der Waals surface area contributed by atoms with Gasteiger partial charge in [0.15, 0.2) is 0 Å². The zero-order valence-corrected chi connectivity index (χ0v) is 27.2. The molecule has 0 amide bonds. The molecule has 21 nitrogen and oxygen atoms in total. The number of rotatable bonds is 6. The first-order chi connectivity index (χ1) is 11.1. The summed E-state index contributed by atoms with van der Waals surface area (Å²) >= 11 is 0. The Morgan fingerprint density at radius 3 is 0.355 bits per heavy atom. The second kappa shape index (κ2) is 19.8. The molecule has 0 fully saturated rings. The largest absolute Gasteiger partial charge is 3.00 e. The summed E-state index contributed by atoms with van der Waals surface area (Å²) < 4.78 is 63.5. The minimum atomic E-state index is -5.68. The Morgan fingerprint density at radius 2 is 0.355 bits per heavy atom. The standard InChI is InChI=1S/4Nb.3H4O7P2/c;;;;3*1-8(2,3)7-9(4,5)6/h;;;;3*(H2,1,2,3)(H2,4,5,6)/q4*+3;;;/p-12. The normalized spacial score (nSPS) is 12.0. The third-order valence-corrected chi connectivity index (χ3v) is 5.40. The molecule has 31 heavy (non-hydrogen) atoms. The third kappa shape index (κ3) is 71.9. The Kier molecular flexibility index (Phi) is 32.8. The molecule has 0 atom stereocenters. The molecule has 0 aromatic rings. The summed E-state index contributed by atoms with van der Waals surface area (Å²) in [5, 5.41) is 0. The summed E-state index contributed by atoms with van der Waals surface area (Å²) in [6.45, 7) is 0. The average Bonchev–Trinajstić information content (AvgIpc) is 1.96. The van der Waals surface area contributed by atoms with Gasteiger partial charge in [0.25, 0.3) is 0 Å². The second-order valence-corrected chi connectivity index (χ2v) is 10.3. The molecule has 0 saturated carbocycles. The van der Waals surface area contributed by atoms with E-state index in [0.717, 1.165) is 0 Å². The van der Waals surface area contributed by atoms with Crippen molar-refractivity contribution in [3.63, 3.8) is 0 Å². The topological polar surface area (TPSA) is 407 Å². The Hall–Kier alpha value is 3.74. The average molecular weight is 893 g/mol. The van der Waals surface area contributed by atoms with E-state index in [1.165, 1.54) is 0 Å². The van der Waals surface area contributed by atoms with Crippen LogP contribution in [-0.4, -0.2) is 0 Å². The molecule has 0 aliphatic carbocycles. The van der Waals surface area contributed by atoms with Crippen molar-refractivity contribution >= 4 is 46.9 Å². The van der Waals surface area contributed by atoms with E-state index in [4.69, 9.17) is 0 Å². The van der Waals surface area contributed by atoms with E-state index in [1.54, 1.807) is 0 Å². The minimum absolute atomic E-state index is 0. The maximum absolute atomic E-state index is 9.32. The number of hydrogen-bond acceptors (Lipinski definition) is 21. The van der Waals surface area contributed by atoms with Gasteiger partial charge in [0, 0.05) is 0 Å². The van der Waals surface area contributed by atoms with E-state index in [-0.39, 0.29) is 89.5 Å². The van der Waals surface area contributed by atoms with E-state index in [0.29, 0.717) is 0 Å². The van der Waals surface area contributed by atoms with E-state index < -0.39 is 46.9 Å². The first-order valence-electron chi connectivity index (χ1n) is 4.38. The van der Waals surface area contributed by atoms with Crippen LogP contribution in [0.4, 0.5) is 0 Å². The van der Waals surface area contributed by atoms with Crippen LogP contribution >= 0.6 is 46.9 Å². The first-order valence-corrected chi connectivity index (χ1v) is 13.1. The van der Waals surface area contributed by atoms with Crippen LogP contribution < -0.4 is 58.7 Å². The van der Waals surface area contributed by atoms with Gasteiger partial charge in [-0.25, -0.2) is 0 Å². The Labute approximate surface area is 233 Å². The van der Waals surface area contributed by atoms with E-state index in [1.807, 2.05) is 0 Å². The van der Waals surface area contributed by atoms with Gasteiger partial charge in [-0.3, -0.25) is 0 Å². The van der Waals surface area contributed by atoms with Crippen LogP contribution in [0.2, 0.25) is 0 Å². The molecule has 0 saturated heterocycles. The van der Waals surface area contributed by atoms with Crippen LogP contribution in [0.25, 0.3) is 0 Å². The minimum Gasteiger partial charge on any atom is -0.790 e. The SMILES string of the molecule is O=P([O-])([O-])OP(=O)([O-])[O-].O=P([O-])([O-])OP(=O)([O-])[O-].O=P([O-])([O-])OP(=O)([O-])[O-].[Nb+3].[Nb+3].[Nb+3].[Nb+3]. The van der Waals surface area contributed by atoms with Gasteiger partial charge in [0.05, 0.1) is 46.9 Å². The van der Waals surface area contributed by atoms with Crippen molar-refractivity contribution in [1.29, 1.82) is 0 Å². The quantitative estimate of drug-likeness (QED) is 0.176. The van der Waals surface area contributed by atoms with Crippen LogP contribution in [0.1, 0.15) is 0 Å². The van der Waals surface area contributed by atoms with Gasteiger partial charge in [0.2, 0.25) is 0 Å². The van der Waals surface area contributed by atoms with Gasteiger partial charge < -0.3 is 99.0 Å². The molecule has 0 N–H and O–H groups in total. The first kappa shape index (κ1) is 51.4. The van der Waals surface area contributed by atoms with Crippen molar-refractivity contribution in [1.82, 2.24) is 0 Å². The monoisotopic (exact) mass is 893 g/mol. The van der Waals surface area contributed by atoms with Gasteiger partial charge >= 0.3 is 89.5 Å². The van der Waals surface area contributed by atoms with Crippen LogP contribution in [0.3, 0.4) is 0 Å². The van der Waals surface area contributed by atoms with Crippen molar-refractivity contribution in [3.8, 4) is 0 Å². The van der Waals surface area contributed by atoms with Crippen LogP contribution in [-0.2, 0) is 130 Å². The third-order valence-electron chi connectivity index (χ3n) is 0.600. The number of hydrogen-bond donors (Lipinski definition) is 0. The Balaban J connectivity index is -0.0000000524. The van der Waals surface area contributed by atoms with Gasteiger partial charge in [-0.05, 0) is 0 Å². The molecular weight excluding hydrogens is 893 g/mol. The Morgan fingerprint density at radius 1 is 0.290 bits per heavy atom. The van der Waals surface area contributed by atoms with Crippen molar-refractivity contribution in [2.75, 3.05) is 0 Å². The molecular formula is Nb4O21P6. The van der Waals surface area contributed by atoms with Crippen LogP contribution in [0.5, 0.6) is 0 Å². The van der Waals surface area contributed by atoms with Crippen molar-refractivity contribution in [2.45, 2.75) is 0 Å². The van der Waals surface area contributed by atoms with E-state index in [2.05, 4.69) is 12.9 Å². The molecule has 0 unspecified atom stereocenters. The van der Waals surface area contributed by atoms with E-state index >= 15 is 0 Å². The predicted octanol–water partition coefficient (Wildman–Crippen LogP) is -10.0. The summed E-state index contributed by atoms with van der Waals surface area (Å²) in [5.41, 5.74) is 0. The molecule has 0 aromatic heterocycles. The smallest absolute Gasteiger partial charge is 0.790 e. The summed E-state index contributed by atoms with van der Waals surface area (Å²) in [5.74, 6) is 0. The molecule has 176 valence electrons. The maximum atomic E-state index is 9.32. The maximum Gasteiger partial charge on any atom is 3.00 e. The molecule has 0 heterocycles. The van der Waals surface area contributed by atoms with Crippen molar-refractivity contribution in [2.24, 2.45) is 0 Å². The van der Waals surface area contributed by atoms with Crippen molar-refractivity contribution in [3.05, 3.63) is 0 Å². The molecule has 0 rings (SSSR count). The molecule has 0 spiro atoms. The predicted molar refractivity (Wildman–Crippen MR) is 48.9 cm³/mol. The summed E-state index contributed by atoms with van der Waals surface area (Å²) in [7, 11) is -34.1. The zero-order valence-electron chi connectivity index (χ0n) is 13.0. The summed E-state index contributed by atoms with van der Waals surface area (Å²) in [4.78, 5) is 112.